The molecule has 0 fully saturated rings. The van der Waals surface area contributed by atoms with E-state index in [0.717, 1.165) is 24.2 Å². The van der Waals surface area contributed by atoms with Crippen LogP contribution >= 0.6 is 0 Å². The fourth-order valence-electron chi connectivity index (χ4n) is 3.57. The summed E-state index contributed by atoms with van der Waals surface area (Å²) in [6, 6.07) is 3.54. The second-order valence-electron chi connectivity index (χ2n) is 7.48. The van der Waals surface area contributed by atoms with Gasteiger partial charge in [-0.15, -0.1) is 0 Å². The summed E-state index contributed by atoms with van der Waals surface area (Å²) in [5.41, 5.74) is 8.82. The number of fused-ring (bicyclic) bond motifs is 1. The van der Waals surface area contributed by atoms with Crippen LogP contribution in [-0.4, -0.2) is 41.8 Å². The zero-order valence-electron chi connectivity index (χ0n) is 16.6. The van der Waals surface area contributed by atoms with Crippen LogP contribution in [0.4, 0.5) is 5.82 Å². The summed E-state index contributed by atoms with van der Waals surface area (Å²) in [6.07, 6.45) is 7.22. The SMILES string of the molecule is C=C/C=C\C1=C(C=C)C(C)(C)Cn2nc(-c3bbc([B]O)cc3)c(C(N)=O)c2N1. The maximum atomic E-state index is 12.4. The molecule has 9 heteroatoms. The van der Waals surface area contributed by atoms with E-state index in [2.05, 4.69) is 32.3 Å². The van der Waals surface area contributed by atoms with Crippen molar-refractivity contribution in [1.29, 1.82) is 0 Å². The topological polar surface area (TPSA) is 93.2 Å². The first kappa shape index (κ1) is 20.8. The second kappa shape index (κ2) is 8.21. The van der Waals surface area contributed by atoms with Crippen LogP contribution in [0.15, 0.2) is 60.9 Å². The van der Waals surface area contributed by atoms with E-state index in [0.29, 0.717) is 29.0 Å². The maximum absolute atomic E-state index is 12.4. The van der Waals surface area contributed by atoms with Gasteiger partial charge in [-0.3, -0.25) is 0 Å². The van der Waals surface area contributed by atoms with E-state index in [1.54, 1.807) is 36.5 Å². The average molecular weight is 383 g/mol. The van der Waals surface area contributed by atoms with Gasteiger partial charge < -0.3 is 0 Å². The Labute approximate surface area is 172 Å². The molecule has 0 bridgehead atoms. The van der Waals surface area contributed by atoms with Crippen LogP contribution < -0.4 is 16.4 Å². The number of nitrogens with one attached hydrogen (secondary N) is 1. The summed E-state index contributed by atoms with van der Waals surface area (Å²) in [6.45, 7) is 16.0. The molecule has 0 saturated carbocycles. The Kier molecular flexibility index (Phi) is 5.89. The summed E-state index contributed by atoms with van der Waals surface area (Å²) in [5.74, 6) is -0.0302. The molecule has 0 spiro atoms. The standard InChI is InChI=1S/C20H22B3N4O2/c1-5-7-8-14-12(6-2)20(3,4)11-27-19(25-14)16(18(24)28)17(26-27)13-9-10-15(23-29)22-21-13/h5-10,25,29H,1-2,11H2,3-4H3,(H2,24,28)/b8-7-. The zero-order valence-corrected chi connectivity index (χ0v) is 16.6. The predicted octanol–water partition coefficient (Wildman–Crippen LogP) is 1.20. The predicted molar refractivity (Wildman–Crippen MR) is 120 cm³/mol. The van der Waals surface area contributed by atoms with Gasteiger partial charge in [0.1, 0.15) is 0 Å². The second-order valence-corrected chi connectivity index (χ2v) is 7.48. The van der Waals surface area contributed by atoms with Gasteiger partial charge in [0.15, 0.2) is 0 Å². The molecule has 1 aliphatic rings. The normalized spacial score (nSPS) is 15.1. The van der Waals surface area contributed by atoms with Crippen molar-refractivity contribution in [2.24, 2.45) is 11.1 Å². The van der Waals surface area contributed by atoms with E-state index >= 15 is 0 Å². The molecule has 2 aromatic rings. The Morgan fingerprint density at radius 3 is 2.72 bits per heavy atom. The van der Waals surface area contributed by atoms with Crippen molar-refractivity contribution in [3.8, 4) is 11.2 Å². The van der Waals surface area contributed by atoms with Crippen LogP contribution in [-0.2, 0) is 6.54 Å². The number of hydrogen-bond acceptors (Lipinski definition) is 4. The van der Waals surface area contributed by atoms with Crippen LogP contribution in [0, 0.1) is 5.41 Å². The number of nitrogens with two attached hydrogens (primary N) is 1. The van der Waals surface area contributed by atoms with Crippen molar-refractivity contribution in [1.82, 2.24) is 9.78 Å². The fourth-order valence-corrected chi connectivity index (χ4v) is 3.57. The van der Waals surface area contributed by atoms with Gasteiger partial charge in [0, 0.05) is 0 Å². The number of carbonyl (C=O) groups excluding carboxylic acids is 1. The number of nitrogens with zero attached hydrogens (tertiary/aromatic N) is 2. The van der Waals surface area contributed by atoms with Crippen molar-refractivity contribution in [3.63, 3.8) is 0 Å². The number of carbonyl (C=O) groups is 1. The minimum atomic E-state index is -0.571. The third-order valence-electron chi connectivity index (χ3n) is 4.95. The zero-order chi connectivity index (χ0) is 21.2. The van der Waals surface area contributed by atoms with Gasteiger partial charge in [0.2, 0.25) is 0 Å². The molecule has 0 aliphatic carbocycles. The van der Waals surface area contributed by atoms with E-state index in [4.69, 9.17) is 15.9 Å². The van der Waals surface area contributed by atoms with Crippen LogP contribution in [0.1, 0.15) is 24.2 Å². The number of anilines is 1. The molecule has 2 aromatic heterocycles. The summed E-state index contributed by atoms with van der Waals surface area (Å²) in [7, 11) is 1.02. The summed E-state index contributed by atoms with van der Waals surface area (Å²) in [5, 5.41) is 17.9. The molecule has 3 rings (SSSR count). The molecule has 0 saturated heterocycles. The van der Waals surface area contributed by atoms with E-state index < -0.39 is 5.91 Å². The molecule has 0 atom stereocenters. The molecule has 0 aromatic carbocycles. The first-order chi connectivity index (χ1) is 13.8. The number of allylic oxidation sites excluding steroid dienone is 5. The monoisotopic (exact) mass is 383 g/mol. The van der Waals surface area contributed by atoms with Crippen LogP contribution in [0.5, 0.6) is 0 Å². The summed E-state index contributed by atoms with van der Waals surface area (Å²) < 4.78 is 1.78. The van der Waals surface area contributed by atoms with Crippen LogP contribution in [0.25, 0.3) is 11.2 Å². The van der Waals surface area contributed by atoms with E-state index in [9.17, 15) is 4.79 Å². The van der Waals surface area contributed by atoms with Gasteiger partial charge >= 0.3 is 172 Å². The number of amides is 1. The summed E-state index contributed by atoms with van der Waals surface area (Å²) in [4.78, 5) is 12.4. The minimum absolute atomic E-state index is 0.297. The van der Waals surface area contributed by atoms with Crippen molar-refractivity contribution < 1.29 is 9.82 Å². The molecule has 3 heterocycles. The molecule has 4 N–H and O–H groups in total. The van der Waals surface area contributed by atoms with E-state index in [-0.39, 0.29) is 5.41 Å². The number of hydrogen-bond donors (Lipinski definition) is 3. The molecule has 143 valence electrons. The number of rotatable bonds is 6. The Bertz CT molecular complexity index is 1040. The average Bonchev–Trinajstić information content (AvgIpc) is 2.98. The van der Waals surface area contributed by atoms with Gasteiger partial charge in [0.25, 0.3) is 0 Å². The van der Waals surface area contributed by atoms with E-state index in [1.165, 1.54) is 0 Å². The first-order valence-corrected chi connectivity index (χ1v) is 9.24. The van der Waals surface area contributed by atoms with Gasteiger partial charge in [-0.2, -0.15) is 0 Å². The quantitative estimate of drug-likeness (QED) is 0.517. The number of primary amides is 1. The van der Waals surface area contributed by atoms with Crippen molar-refractivity contribution in [2.45, 2.75) is 20.4 Å². The Morgan fingerprint density at radius 2 is 2.17 bits per heavy atom. The third-order valence-corrected chi connectivity index (χ3v) is 4.95. The van der Waals surface area contributed by atoms with Gasteiger partial charge in [-0.05, 0) is 0 Å². The molecule has 0 unspecified atom stereocenters. The molecular weight excluding hydrogens is 361 g/mol. The molecule has 1 radical (unpaired) electrons. The molecule has 6 nitrogen and oxygen atoms in total. The van der Waals surface area contributed by atoms with Crippen molar-refractivity contribution >= 4 is 38.2 Å². The number of aromatic nitrogens is 2. The fraction of sp³-hybridized carbons (Fsp3) is 0.200. The van der Waals surface area contributed by atoms with Crippen molar-refractivity contribution in [3.05, 3.63) is 66.4 Å². The van der Waals surface area contributed by atoms with Gasteiger partial charge in [-0.25, -0.2) is 0 Å². The van der Waals surface area contributed by atoms with Crippen molar-refractivity contribution in [2.75, 3.05) is 5.32 Å². The van der Waals surface area contributed by atoms with Gasteiger partial charge in [0.05, 0.1) is 0 Å². The molecule has 1 aliphatic heterocycles. The summed E-state index contributed by atoms with van der Waals surface area (Å²) >= 11 is 0. The van der Waals surface area contributed by atoms with Crippen LogP contribution in [0.2, 0.25) is 0 Å². The Balaban J connectivity index is 2.22. The Hall–Kier alpha value is -2.93. The third kappa shape index (κ3) is 3.96. The van der Waals surface area contributed by atoms with E-state index in [1.807, 2.05) is 18.2 Å². The molecular formula is C20H22B3N4O2. The van der Waals surface area contributed by atoms with Crippen LogP contribution in [0.3, 0.4) is 0 Å². The van der Waals surface area contributed by atoms with Gasteiger partial charge in [-0.1, -0.05) is 0 Å². The molecule has 29 heavy (non-hydrogen) atoms. The Morgan fingerprint density at radius 1 is 1.41 bits per heavy atom. The first-order valence-electron chi connectivity index (χ1n) is 9.24. The molecule has 1 amide bonds.